The second-order valence-electron chi connectivity index (χ2n) is 10.2. The maximum absolute atomic E-state index is 5.87. The van der Waals surface area contributed by atoms with Crippen LogP contribution in [-0.2, 0) is 9.47 Å². The smallest absolute Gasteiger partial charge is 0.161 e. The van der Waals surface area contributed by atoms with E-state index >= 15 is 0 Å². The maximum Gasteiger partial charge on any atom is 0.161 e. The van der Waals surface area contributed by atoms with Crippen LogP contribution >= 0.6 is 0 Å². The summed E-state index contributed by atoms with van der Waals surface area (Å²) in [7, 11) is 3.47. The second-order valence-corrected chi connectivity index (χ2v) is 10.2. The zero-order valence-corrected chi connectivity index (χ0v) is 19.7. The molecule has 168 valence electrons. The molecular formula is C26H32N4O2. The van der Waals surface area contributed by atoms with Gasteiger partial charge in [-0.3, -0.25) is 0 Å². The topological polar surface area (TPSA) is 74.1 Å². The third-order valence-corrected chi connectivity index (χ3v) is 6.73. The van der Waals surface area contributed by atoms with Crippen LogP contribution in [0.5, 0.6) is 0 Å². The van der Waals surface area contributed by atoms with Gasteiger partial charge in [-0.2, -0.15) is 0 Å². The van der Waals surface area contributed by atoms with Crippen LogP contribution in [-0.4, -0.2) is 24.2 Å². The van der Waals surface area contributed by atoms with Gasteiger partial charge in [0, 0.05) is 46.5 Å². The average molecular weight is 433 g/mol. The van der Waals surface area contributed by atoms with E-state index in [1.54, 1.807) is 14.2 Å². The van der Waals surface area contributed by atoms with Gasteiger partial charge in [-0.15, -0.1) is 0 Å². The van der Waals surface area contributed by atoms with Gasteiger partial charge in [-0.1, -0.05) is 27.7 Å². The van der Waals surface area contributed by atoms with Crippen molar-refractivity contribution in [2.45, 2.75) is 40.5 Å². The molecule has 0 radical (unpaired) electrons. The van der Waals surface area contributed by atoms with Crippen LogP contribution in [0.4, 0.5) is 0 Å². The number of aromatic nitrogens is 2. The third kappa shape index (κ3) is 3.34. The fourth-order valence-corrected chi connectivity index (χ4v) is 4.92. The predicted octanol–water partition coefficient (Wildman–Crippen LogP) is 5.41. The van der Waals surface area contributed by atoms with E-state index in [2.05, 4.69) is 84.7 Å². The van der Waals surface area contributed by atoms with Gasteiger partial charge in [-0.05, 0) is 36.4 Å². The van der Waals surface area contributed by atoms with Gasteiger partial charge in [0.1, 0.15) is 0 Å². The third-order valence-electron chi connectivity index (χ3n) is 6.73. The van der Waals surface area contributed by atoms with E-state index in [-0.39, 0.29) is 10.8 Å². The van der Waals surface area contributed by atoms with Crippen molar-refractivity contribution in [3.05, 3.63) is 69.8 Å². The molecule has 2 saturated heterocycles. The highest BCUT2D eigenvalue weighted by molar-refractivity contribution is 5.69. The number of rotatable bonds is 2. The number of methoxy groups -OCH3 is 2. The minimum Gasteiger partial charge on any atom is -0.493 e. The number of hydrogen-bond donors (Lipinski definition) is 4. The summed E-state index contributed by atoms with van der Waals surface area (Å²) < 4.78 is 11.7. The van der Waals surface area contributed by atoms with E-state index in [0.717, 1.165) is 69.9 Å². The van der Waals surface area contributed by atoms with E-state index < -0.39 is 0 Å². The molecule has 0 atom stereocenters. The number of aromatic amines is 2. The fraction of sp³-hybridized carbons (Fsp3) is 0.385. The Balaban J connectivity index is 1.73. The van der Waals surface area contributed by atoms with Crippen LogP contribution in [0.3, 0.4) is 0 Å². The standard InChI is InChI=1S/C26H32N4O2/c1-25(2)13-19-23(31-5)17-10-8-16(28-17)12-22-26(3,4)14-20(30-22)24(32-6)18-9-7-15(27-18)11-21(25)29-19/h7-12,27-30H,13-14H2,1-6H3. The van der Waals surface area contributed by atoms with Crippen molar-refractivity contribution >= 4 is 23.7 Å². The van der Waals surface area contributed by atoms with E-state index in [1.807, 2.05) is 0 Å². The first-order chi connectivity index (χ1) is 15.2. The summed E-state index contributed by atoms with van der Waals surface area (Å²) in [6, 6.07) is 8.38. The van der Waals surface area contributed by atoms with Crippen molar-refractivity contribution in [2.75, 3.05) is 14.2 Å². The predicted molar refractivity (Wildman–Crippen MR) is 128 cm³/mol. The zero-order chi connectivity index (χ0) is 22.7. The number of hydrogen-bond acceptors (Lipinski definition) is 4. The van der Waals surface area contributed by atoms with E-state index in [4.69, 9.17) is 9.47 Å². The molecule has 0 aromatic carbocycles. The Morgan fingerprint density at radius 2 is 1.06 bits per heavy atom. The van der Waals surface area contributed by atoms with Gasteiger partial charge in [0.2, 0.25) is 0 Å². The minimum absolute atomic E-state index is 0.0387. The Hall–Kier alpha value is -3.28. The molecule has 8 bridgehead atoms. The van der Waals surface area contributed by atoms with Crippen molar-refractivity contribution in [3.8, 4) is 0 Å². The highest BCUT2D eigenvalue weighted by atomic mass is 16.5. The number of nitrogens with one attached hydrogen (secondary N) is 4. The quantitative estimate of drug-likeness (QED) is 0.512. The van der Waals surface area contributed by atoms with Gasteiger partial charge >= 0.3 is 0 Å². The highest BCUT2D eigenvalue weighted by Gasteiger charge is 2.36. The molecule has 0 aliphatic carbocycles. The van der Waals surface area contributed by atoms with Crippen molar-refractivity contribution in [3.63, 3.8) is 0 Å². The molecular weight excluding hydrogens is 400 g/mol. The molecule has 6 heteroatoms. The molecule has 0 unspecified atom stereocenters. The summed E-state index contributed by atoms with van der Waals surface area (Å²) in [5, 5.41) is 7.27. The van der Waals surface area contributed by atoms with Crippen LogP contribution in [0.15, 0.2) is 47.1 Å². The van der Waals surface area contributed by atoms with Crippen LogP contribution in [0, 0.1) is 10.8 Å². The Morgan fingerprint density at radius 1 is 0.656 bits per heavy atom. The van der Waals surface area contributed by atoms with Crippen molar-refractivity contribution in [1.29, 1.82) is 0 Å². The Kier molecular flexibility index (Phi) is 4.59. The normalized spacial score (nSPS) is 21.1. The highest BCUT2D eigenvalue weighted by Crippen LogP contribution is 2.44. The summed E-state index contributed by atoms with van der Waals surface area (Å²) in [6.07, 6.45) is 6.11. The first kappa shape index (κ1) is 20.6. The molecule has 5 heterocycles. The van der Waals surface area contributed by atoms with E-state index in [1.165, 1.54) is 0 Å². The summed E-state index contributed by atoms with van der Waals surface area (Å²) in [6.45, 7) is 9.01. The second kappa shape index (κ2) is 7.12. The number of fused-ring (bicyclic) bond motifs is 8. The first-order valence-corrected chi connectivity index (χ1v) is 11.1. The van der Waals surface area contributed by atoms with Crippen LogP contribution in [0.2, 0.25) is 0 Å². The summed E-state index contributed by atoms with van der Waals surface area (Å²) in [4.78, 5) is 7.08. The lowest BCUT2D eigenvalue weighted by Crippen LogP contribution is -2.13. The summed E-state index contributed by atoms with van der Waals surface area (Å²) in [5.41, 5.74) is 8.42. The van der Waals surface area contributed by atoms with Crippen molar-refractivity contribution < 1.29 is 9.47 Å². The molecule has 5 rings (SSSR count). The molecule has 0 amide bonds. The number of H-pyrrole nitrogens is 2. The van der Waals surface area contributed by atoms with Gasteiger partial charge in [0.25, 0.3) is 0 Å². The van der Waals surface area contributed by atoms with Gasteiger partial charge in [0.15, 0.2) is 11.5 Å². The van der Waals surface area contributed by atoms with E-state index in [0.29, 0.717) is 0 Å². The lowest BCUT2D eigenvalue weighted by atomic mass is 9.87. The number of allylic oxidation sites excluding steroid dienone is 4. The van der Waals surface area contributed by atoms with Crippen molar-refractivity contribution in [2.24, 2.45) is 10.8 Å². The average Bonchev–Trinajstić information content (AvgIpc) is 3.47. The molecule has 0 spiro atoms. The molecule has 0 saturated carbocycles. The SMILES string of the molecule is COC1=C2CC(C)(C)C(=Cc3ccc([nH]3)C(OC)=C3CC(C)(C)C(=Cc4ccc1[nH]4)N3)N2. The van der Waals surface area contributed by atoms with Crippen LogP contribution < -0.4 is 10.6 Å². The molecule has 2 aromatic heterocycles. The Labute approximate surface area is 189 Å². The minimum atomic E-state index is -0.0387. The van der Waals surface area contributed by atoms with Gasteiger partial charge in [-0.25, -0.2) is 0 Å². The van der Waals surface area contributed by atoms with Crippen LogP contribution in [0.25, 0.3) is 23.7 Å². The largest absolute Gasteiger partial charge is 0.493 e. The molecule has 2 fully saturated rings. The molecule has 32 heavy (non-hydrogen) atoms. The zero-order valence-electron chi connectivity index (χ0n) is 19.7. The van der Waals surface area contributed by atoms with Crippen molar-refractivity contribution in [1.82, 2.24) is 20.6 Å². The summed E-state index contributed by atoms with van der Waals surface area (Å²) in [5.74, 6) is 1.71. The molecule has 6 nitrogen and oxygen atoms in total. The molecule has 4 N–H and O–H groups in total. The lowest BCUT2D eigenvalue weighted by molar-refractivity contribution is 0.361. The Morgan fingerprint density at radius 3 is 1.44 bits per heavy atom. The van der Waals surface area contributed by atoms with Gasteiger partial charge < -0.3 is 30.1 Å². The van der Waals surface area contributed by atoms with E-state index in [9.17, 15) is 0 Å². The lowest BCUT2D eigenvalue weighted by Gasteiger charge is -2.17. The molecule has 2 aromatic rings. The summed E-state index contributed by atoms with van der Waals surface area (Å²) >= 11 is 0. The monoisotopic (exact) mass is 432 g/mol. The van der Waals surface area contributed by atoms with Gasteiger partial charge in [0.05, 0.1) is 37.0 Å². The fourth-order valence-electron chi connectivity index (χ4n) is 4.92. The maximum atomic E-state index is 5.87. The Bertz CT molecular complexity index is 1110. The number of ether oxygens (including phenoxy) is 2. The molecule has 3 aliphatic heterocycles. The van der Waals surface area contributed by atoms with Crippen LogP contribution in [0.1, 0.15) is 63.3 Å². The molecule has 3 aliphatic rings. The first-order valence-electron chi connectivity index (χ1n) is 11.1.